The second kappa shape index (κ2) is 8.63. The normalized spacial score (nSPS) is 10.6. The molecule has 0 heterocycles. The molecule has 130 valence electrons. The number of hydrazone groups is 1. The van der Waals surface area contributed by atoms with Gasteiger partial charge in [0.2, 0.25) is 0 Å². The first kappa shape index (κ1) is 18.2. The number of para-hydroxylation sites is 2. The van der Waals surface area contributed by atoms with Crippen LogP contribution in [0.3, 0.4) is 0 Å². The number of carbonyl (C=O) groups excluding carboxylic acids is 2. The minimum absolute atomic E-state index is 0.0365. The molecule has 6 heteroatoms. The van der Waals surface area contributed by atoms with Crippen LogP contribution < -0.4 is 10.7 Å². The second-order valence-electron chi connectivity index (χ2n) is 5.37. The third kappa shape index (κ3) is 4.67. The Balaban J connectivity index is 2.04. The van der Waals surface area contributed by atoms with Gasteiger partial charge in [0.25, 0.3) is 0 Å². The average Bonchev–Trinajstić information content (AvgIpc) is 2.63. The van der Waals surface area contributed by atoms with Crippen molar-refractivity contribution in [3.63, 3.8) is 0 Å². The van der Waals surface area contributed by atoms with Gasteiger partial charge in [-0.15, -0.1) is 0 Å². The van der Waals surface area contributed by atoms with Crippen molar-refractivity contribution in [2.45, 2.75) is 26.7 Å². The predicted octanol–water partition coefficient (Wildman–Crippen LogP) is 2.61. The van der Waals surface area contributed by atoms with E-state index in [9.17, 15) is 14.7 Å². The minimum atomic E-state index is -0.875. The van der Waals surface area contributed by atoms with Crippen LogP contribution >= 0.6 is 0 Å². The van der Waals surface area contributed by atoms with E-state index in [4.69, 9.17) is 0 Å². The summed E-state index contributed by atoms with van der Waals surface area (Å²) in [6.45, 7) is 3.97. The minimum Gasteiger partial charge on any atom is -0.507 e. The molecule has 2 aromatic carbocycles. The number of hydrogen-bond donors (Lipinski definition) is 3. The van der Waals surface area contributed by atoms with Crippen molar-refractivity contribution in [2.24, 2.45) is 5.10 Å². The molecule has 6 nitrogen and oxygen atoms in total. The Morgan fingerprint density at radius 2 is 1.64 bits per heavy atom. The van der Waals surface area contributed by atoms with Gasteiger partial charge in [-0.1, -0.05) is 44.2 Å². The molecule has 25 heavy (non-hydrogen) atoms. The predicted molar refractivity (Wildman–Crippen MR) is 97.7 cm³/mol. The van der Waals surface area contributed by atoms with Crippen molar-refractivity contribution in [3.05, 3.63) is 59.2 Å². The number of carbonyl (C=O) groups is 2. The van der Waals surface area contributed by atoms with Gasteiger partial charge < -0.3 is 10.4 Å². The van der Waals surface area contributed by atoms with E-state index in [0.29, 0.717) is 11.3 Å². The number of rotatable bonds is 5. The lowest BCUT2D eigenvalue weighted by atomic mass is 10.0. The standard InChI is InChI=1S/C19H21N3O3/c1-3-13-9-7-10-14(4-2)17(13)21-18(24)19(25)22-20-12-15-8-5-6-11-16(15)23/h5-12,23H,3-4H2,1-2H3,(H,21,24)(H,22,25). The maximum Gasteiger partial charge on any atom is 0.329 e. The largest absolute Gasteiger partial charge is 0.507 e. The van der Waals surface area contributed by atoms with E-state index in [1.54, 1.807) is 18.2 Å². The molecule has 0 bridgehead atoms. The van der Waals surface area contributed by atoms with Crippen LogP contribution in [0.25, 0.3) is 0 Å². The van der Waals surface area contributed by atoms with Crippen molar-refractivity contribution in [3.8, 4) is 5.75 Å². The number of aromatic hydroxyl groups is 1. The number of phenols is 1. The maximum atomic E-state index is 12.1. The Morgan fingerprint density at radius 3 is 2.24 bits per heavy atom. The quantitative estimate of drug-likeness (QED) is 0.444. The van der Waals surface area contributed by atoms with Gasteiger partial charge in [0.15, 0.2) is 0 Å². The third-order valence-corrected chi connectivity index (χ3v) is 3.75. The Bertz CT molecular complexity index is 778. The SMILES string of the molecule is CCc1cccc(CC)c1NC(=O)C(=O)NN=Cc1ccccc1O. The molecule has 0 radical (unpaired) electrons. The van der Waals surface area contributed by atoms with Crippen LogP contribution in [-0.4, -0.2) is 23.1 Å². The molecule has 0 spiro atoms. The van der Waals surface area contributed by atoms with Gasteiger partial charge in [-0.3, -0.25) is 9.59 Å². The summed E-state index contributed by atoms with van der Waals surface area (Å²) in [5, 5.41) is 16.0. The Hall–Kier alpha value is -3.15. The van der Waals surface area contributed by atoms with Crippen molar-refractivity contribution in [1.29, 1.82) is 0 Å². The molecule has 0 aromatic heterocycles. The number of phenolic OH excluding ortho intramolecular Hbond substituents is 1. The topological polar surface area (TPSA) is 90.8 Å². The highest BCUT2D eigenvalue weighted by Gasteiger charge is 2.16. The monoisotopic (exact) mass is 339 g/mol. The van der Waals surface area contributed by atoms with Crippen molar-refractivity contribution in [2.75, 3.05) is 5.32 Å². The third-order valence-electron chi connectivity index (χ3n) is 3.75. The number of hydrogen-bond acceptors (Lipinski definition) is 4. The summed E-state index contributed by atoms with van der Waals surface area (Å²) < 4.78 is 0. The van der Waals surface area contributed by atoms with Gasteiger partial charge in [-0.2, -0.15) is 5.10 Å². The molecule has 2 rings (SSSR count). The fourth-order valence-corrected chi connectivity index (χ4v) is 2.38. The fraction of sp³-hybridized carbons (Fsp3) is 0.211. The molecule has 0 saturated carbocycles. The molecule has 2 aromatic rings. The van der Waals surface area contributed by atoms with Crippen LogP contribution in [0.2, 0.25) is 0 Å². The van der Waals surface area contributed by atoms with Gasteiger partial charge in [0.1, 0.15) is 5.75 Å². The van der Waals surface area contributed by atoms with Crippen LogP contribution in [0.1, 0.15) is 30.5 Å². The molecular weight excluding hydrogens is 318 g/mol. The lowest BCUT2D eigenvalue weighted by molar-refractivity contribution is -0.136. The summed E-state index contributed by atoms with van der Waals surface area (Å²) in [6, 6.07) is 12.3. The Morgan fingerprint density at radius 1 is 1.00 bits per heavy atom. The number of anilines is 1. The van der Waals surface area contributed by atoms with Crippen LogP contribution in [0.5, 0.6) is 5.75 Å². The first-order valence-corrected chi connectivity index (χ1v) is 8.10. The smallest absolute Gasteiger partial charge is 0.329 e. The molecule has 2 amide bonds. The highest BCUT2D eigenvalue weighted by atomic mass is 16.3. The molecule has 0 aliphatic heterocycles. The van der Waals surface area contributed by atoms with Crippen molar-refractivity contribution >= 4 is 23.7 Å². The second-order valence-corrected chi connectivity index (χ2v) is 5.37. The van der Waals surface area contributed by atoms with E-state index in [1.165, 1.54) is 12.3 Å². The van der Waals surface area contributed by atoms with E-state index < -0.39 is 11.8 Å². The zero-order chi connectivity index (χ0) is 18.2. The summed E-state index contributed by atoms with van der Waals surface area (Å²) in [6.07, 6.45) is 2.77. The van der Waals surface area contributed by atoms with Crippen LogP contribution in [0.4, 0.5) is 5.69 Å². The summed E-state index contributed by atoms with van der Waals surface area (Å²) in [4.78, 5) is 24.0. The average molecular weight is 339 g/mol. The molecule has 0 aliphatic rings. The van der Waals surface area contributed by atoms with Crippen LogP contribution in [-0.2, 0) is 22.4 Å². The van der Waals surface area contributed by atoms with E-state index in [1.807, 2.05) is 32.0 Å². The molecule has 0 atom stereocenters. The molecule has 0 unspecified atom stereocenters. The maximum absolute atomic E-state index is 12.1. The summed E-state index contributed by atoms with van der Waals surface area (Å²) >= 11 is 0. The molecular formula is C19H21N3O3. The van der Waals surface area contributed by atoms with E-state index >= 15 is 0 Å². The number of nitrogens with zero attached hydrogens (tertiary/aromatic N) is 1. The van der Waals surface area contributed by atoms with Crippen LogP contribution in [0.15, 0.2) is 47.6 Å². The van der Waals surface area contributed by atoms with E-state index in [0.717, 1.165) is 24.0 Å². The Labute approximate surface area is 146 Å². The number of benzene rings is 2. The highest BCUT2D eigenvalue weighted by Crippen LogP contribution is 2.22. The zero-order valence-corrected chi connectivity index (χ0v) is 14.2. The molecule has 3 N–H and O–H groups in total. The van der Waals surface area contributed by atoms with Gasteiger partial charge in [-0.25, -0.2) is 5.43 Å². The van der Waals surface area contributed by atoms with E-state index in [2.05, 4.69) is 15.8 Å². The van der Waals surface area contributed by atoms with Gasteiger partial charge in [0.05, 0.1) is 6.21 Å². The molecule has 0 fully saturated rings. The summed E-state index contributed by atoms with van der Waals surface area (Å²) in [5.41, 5.74) is 5.22. The van der Waals surface area contributed by atoms with E-state index in [-0.39, 0.29) is 5.75 Å². The van der Waals surface area contributed by atoms with Crippen molar-refractivity contribution < 1.29 is 14.7 Å². The number of amides is 2. The fourth-order valence-electron chi connectivity index (χ4n) is 2.38. The summed E-state index contributed by atoms with van der Waals surface area (Å²) in [5.74, 6) is -1.63. The lowest BCUT2D eigenvalue weighted by Gasteiger charge is -2.13. The van der Waals surface area contributed by atoms with Crippen molar-refractivity contribution in [1.82, 2.24) is 5.43 Å². The number of aryl methyl sites for hydroxylation is 2. The molecule has 0 saturated heterocycles. The lowest BCUT2D eigenvalue weighted by Crippen LogP contribution is -2.33. The molecule has 0 aliphatic carbocycles. The summed E-state index contributed by atoms with van der Waals surface area (Å²) in [7, 11) is 0. The van der Waals surface area contributed by atoms with Gasteiger partial charge >= 0.3 is 11.8 Å². The Kier molecular flexibility index (Phi) is 6.28. The highest BCUT2D eigenvalue weighted by molar-refractivity contribution is 6.39. The zero-order valence-electron chi connectivity index (χ0n) is 14.2. The van der Waals surface area contributed by atoms with Gasteiger partial charge in [0, 0.05) is 11.3 Å². The first-order valence-electron chi connectivity index (χ1n) is 8.10. The van der Waals surface area contributed by atoms with Crippen LogP contribution in [0, 0.1) is 0 Å². The van der Waals surface area contributed by atoms with Gasteiger partial charge in [-0.05, 0) is 36.1 Å². The first-order chi connectivity index (χ1) is 12.1. The number of nitrogens with one attached hydrogen (secondary N) is 2.